The largest absolute Gasteiger partial charge is 0.489 e. The SMILES string of the molecule is COC(=O)c1cccc(OCCc2c(CCN=[N+]=[N-])n(C(c3ccccc3)c3ccccc3)c3ccc(Cl)cc23)c1OC(C)C. The predicted molar refractivity (Wildman–Crippen MR) is 178 cm³/mol. The lowest BCUT2D eigenvalue weighted by molar-refractivity contribution is 0.0593. The number of halogens is 1. The number of carbonyl (C=O) groups is 1. The quantitative estimate of drug-likeness (QED) is 0.0566. The molecule has 0 fully saturated rings. The predicted octanol–water partition coefficient (Wildman–Crippen LogP) is 8.98. The molecule has 0 bridgehead atoms. The molecule has 1 heterocycles. The molecule has 5 rings (SSSR count). The zero-order valence-electron chi connectivity index (χ0n) is 25.5. The van der Waals surface area contributed by atoms with Gasteiger partial charge in [-0.15, -0.1) is 0 Å². The van der Waals surface area contributed by atoms with Crippen LogP contribution < -0.4 is 9.47 Å². The van der Waals surface area contributed by atoms with Crippen molar-refractivity contribution in [1.82, 2.24) is 4.57 Å². The van der Waals surface area contributed by atoms with Gasteiger partial charge in [-0.3, -0.25) is 0 Å². The number of benzene rings is 4. The lowest BCUT2D eigenvalue weighted by atomic mass is 9.97. The fraction of sp³-hybridized carbons (Fsp3) is 0.250. The van der Waals surface area contributed by atoms with E-state index in [9.17, 15) is 4.79 Å². The Morgan fingerprint density at radius 1 is 0.933 bits per heavy atom. The molecule has 230 valence electrons. The van der Waals surface area contributed by atoms with Gasteiger partial charge in [-0.25, -0.2) is 4.79 Å². The molecule has 9 heteroatoms. The Labute approximate surface area is 267 Å². The molecule has 0 spiro atoms. The van der Waals surface area contributed by atoms with Gasteiger partial charge in [0.2, 0.25) is 0 Å². The molecule has 1 aromatic heterocycles. The molecule has 0 atom stereocenters. The second kappa shape index (κ2) is 14.7. The smallest absolute Gasteiger partial charge is 0.341 e. The van der Waals surface area contributed by atoms with Crippen molar-refractivity contribution in [2.24, 2.45) is 5.11 Å². The van der Waals surface area contributed by atoms with Gasteiger partial charge in [0.15, 0.2) is 11.5 Å². The number of methoxy groups -OCH3 is 1. The molecule has 0 aliphatic rings. The molecule has 0 N–H and O–H groups in total. The number of azide groups is 1. The maximum absolute atomic E-state index is 12.5. The molecule has 0 unspecified atom stereocenters. The molecule has 0 amide bonds. The molecule has 5 aromatic rings. The summed E-state index contributed by atoms with van der Waals surface area (Å²) in [5.41, 5.74) is 14.8. The highest BCUT2D eigenvalue weighted by atomic mass is 35.5. The van der Waals surface area contributed by atoms with Crippen LogP contribution in [0.4, 0.5) is 0 Å². The number of rotatable bonds is 13. The minimum absolute atomic E-state index is 0.144. The van der Waals surface area contributed by atoms with Gasteiger partial charge >= 0.3 is 5.97 Å². The first kappa shape index (κ1) is 31.5. The molecule has 0 saturated heterocycles. The molecule has 0 aliphatic heterocycles. The fourth-order valence-electron chi connectivity index (χ4n) is 5.73. The first-order valence-corrected chi connectivity index (χ1v) is 15.2. The number of hydrogen-bond donors (Lipinski definition) is 0. The van der Waals surface area contributed by atoms with E-state index >= 15 is 0 Å². The summed E-state index contributed by atoms with van der Waals surface area (Å²) in [6.45, 7) is 4.36. The lowest BCUT2D eigenvalue weighted by Crippen LogP contribution is -2.17. The Kier molecular flexibility index (Phi) is 10.3. The van der Waals surface area contributed by atoms with E-state index in [1.165, 1.54) is 7.11 Å². The third-order valence-electron chi connectivity index (χ3n) is 7.53. The Morgan fingerprint density at radius 3 is 2.24 bits per heavy atom. The van der Waals surface area contributed by atoms with Crippen LogP contribution in [0.5, 0.6) is 11.5 Å². The van der Waals surface area contributed by atoms with Crippen molar-refractivity contribution in [2.45, 2.75) is 38.8 Å². The van der Waals surface area contributed by atoms with Gasteiger partial charge in [0, 0.05) is 39.5 Å². The third-order valence-corrected chi connectivity index (χ3v) is 7.77. The van der Waals surface area contributed by atoms with Crippen LogP contribution in [0.25, 0.3) is 21.3 Å². The van der Waals surface area contributed by atoms with E-state index < -0.39 is 5.97 Å². The summed E-state index contributed by atoms with van der Waals surface area (Å²) in [7, 11) is 1.34. The van der Waals surface area contributed by atoms with Crippen LogP contribution in [0.3, 0.4) is 0 Å². The van der Waals surface area contributed by atoms with Crippen molar-refractivity contribution in [2.75, 3.05) is 20.3 Å². The summed E-state index contributed by atoms with van der Waals surface area (Å²) < 4.78 is 19.7. The van der Waals surface area contributed by atoms with Crippen LogP contribution in [0.2, 0.25) is 5.02 Å². The molecule has 45 heavy (non-hydrogen) atoms. The molecule has 4 aromatic carbocycles. The average Bonchev–Trinajstić information content (AvgIpc) is 3.34. The molecule has 8 nitrogen and oxygen atoms in total. The zero-order valence-corrected chi connectivity index (χ0v) is 26.3. The number of aromatic nitrogens is 1. The number of para-hydroxylation sites is 1. The first-order valence-electron chi connectivity index (χ1n) is 14.9. The van der Waals surface area contributed by atoms with Gasteiger partial charge in [-0.05, 0) is 72.8 Å². The van der Waals surface area contributed by atoms with Crippen LogP contribution >= 0.6 is 11.6 Å². The number of hydrogen-bond acceptors (Lipinski definition) is 5. The highest BCUT2D eigenvalue weighted by molar-refractivity contribution is 6.31. The van der Waals surface area contributed by atoms with Crippen molar-refractivity contribution >= 4 is 28.5 Å². The maximum atomic E-state index is 12.5. The van der Waals surface area contributed by atoms with E-state index in [0.29, 0.717) is 41.5 Å². The van der Waals surface area contributed by atoms with Crippen molar-refractivity contribution in [3.8, 4) is 11.5 Å². The van der Waals surface area contributed by atoms with Gasteiger partial charge in [0.25, 0.3) is 0 Å². The highest BCUT2D eigenvalue weighted by Gasteiger charge is 2.26. The Bertz CT molecular complexity index is 1780. The maximum Gasteiger partial charge on any atom is 0.341 e. The van der Waals surface area contributed by atoms with Crippen molar-refractivity contribution < 1.29 is 19.0 Å². The zero-order chi connectivity index (χ0) is 31.8. The van der Waals surface area contributed by atoms with Crippen molar-refractivity contribution in [3.63, 3.8) is 0 Å². The topological polar surface area (TPSA) is 98.5 Å². The number of ether oxygens (including phenoxy) is 3. The van der Waals surface area contributed by atoms with Crippen LogP contribution in [0, 0.1) is 0 Å². The molecular formula is C36H35ClN4O4. The van der Waals surface area contributed by atoms with E-state index in [0.717, 1.165) is 33.3 Å². The van der Waals surface area contributed by atoms with Crippen LogP contribution in [0.1, 0.15) is 52.6 Å². The minimum Gasteiger partial charge on any atom is -0.489 e. The van der Waals surface area contributed by atoms with Gasteiger partial charge in [-0.2, -0.15) is 0 Å². The van der Waals surface area contributed by atoms with Crippen LogP contribution in [-0.4, -0.2) is 36.9 Å². The summed E-state index contributed by atoms with van der Waals surface area (Å²) in [4.78, 5) is 15.5. The summed E-state index contributed by atoms with van der Waals surface area (Å²) in [5.74, 6) is 0.305. The minimum atomic E-state index is -0.498. The molecule has 0 radical (unpaired) electrons. The van der Waals surface area contributed by atoms with E-state index in [2.05, 4.69) is 38.9 Å². The molecule has 0 saturated carbocycles. The summed E-state index contributed by atoms with van der Waals surface area (Å²) in [6.07, 6.45) is 0.856. The van der Waals surface area contributed by atoms with Crippen molar-refractivity contribution in [1.29, 1.82) is 0 Å². The monoisotopic (exact) mass is 622 g/mol. The Hall–Kier alpha value is -4.91. The van der Waals surface area contributed by atoms with Gasteiger partial charge in [-0.1, -0.05) is 83.4 Å². The third kappa shape index (κ3) is 7.09. The first-order chi connectivity index (χ1) is 21.9. The molecular weight excluding hydrogens is 588 g/mol. The van der Waals surface area contributed by atoms with Crippen LogP contribution in [0.15, 0.2) is 102 Å². The highest BCUT2D eigenvalue weighted by Crippen LogP contribution is 2.38. The second-order valence-electron chi connectivity index (χ2n) is 10.8. The fourth-order valence-corrected chi connectivity index (χ4v) is 5.91. The number of carbonyl (C=O) groups excluding carboxylic acids is 1. The number of fused-ring (bicyclic) bond motifs is 1. The standard InChI is InChI=1S/C36H35ClN4O4/c1-24(2)45-35-29(36(42)43-3)15-10-16-33(35)44-22-20-28-30-23-27(37)17-18-31(30)41(32(28)19-21-39-40-38)34(25-11-6-4-7-12-25)26-13-8-5-9-14-26/h4-18,23-24,34H,19-22H2,1-3H3. The van der Waals surface area contributed by atoms with Gasteiger partial charge < -0.3 is 18.8 Å². The average molecular weight is 623 g/mol. The van der Waals surface area contributed by atoms with Crippen LogP contribution in [-0.2, 0) is 17.6 Å². The number of esters is 1. The normalized spacial score (nSPS) is 11.1. The van der Waals surface area contributed by atoms with Gasteiger partial charge in [0.1, 0.15) is 5.56 Å². The summed E-state index contributed by atoms with van der Waals surface area (Å²) >= 11 is 6.59. The van der Waals surface area contributed by atoms with E-state index in [1.807, 2.05) is 68.4 Å². The Balaban J connectivity index is 1.62. The van der Waals surface area contributed by atoms with E-state index in [1.54, 1.807) is 18.2 Å². The summed E-state index contributed by atoms with van der Waals surface area (Å²) in [5, 5.41) is 5.52. The summed E-state index contributed by atoms with van der Waals surface area (Å²) in [6, 6.07) is 31.7. The Morgan fingerprint density at radius 2 is 1.62 bits per heavy atom. The van der Waals surface area contributed by atoms with Gasteiger partial charge in [0.05, 0.1) is 25.9 Å². The lowest BCUT2D eigenvalue weighted by Gasteiger charge is -2.25. The second-order valence-corrected chi connectivity index (χ2v) is 11.2. The molecule has 0 aliphatic carbocycles. The van der Waals surface area contributed by atoms with Crippen molar-refractivity contribution in [3.05, 3.63) is 140 Å². The number of nitrogens with zero attached hydrogens (tertiary/aromatic N) is 4. The van der Waals surface area contributed by atoms with E-state index in [4.69, 9.17) is 31.3 Å². The van der Waals surface area contributed by atoms with E-state index in [-0.39, 0.29) is 18.7 Å².